The number of hydrogen-bond acceptors (Lipinski definition) is 4. The Morgan fingerprint density at radius 2 is 2.45 bits per heavy atom. The van der Waals surface area contributed by atoms with Crippen molar-refractivity contribution in [3.05, 3.63) is 0 Å². The molecule has 0 amide bonds. The summed E-state index contributed by atoms with van der Waals surface area (Å²) >= 11 is 0. The number of hydrogen-bond donors (Lipinski definition) is 2. The van der Waals surface area contributed by atoms with Crippen LogP contribution in [0, 0.1) is 5.92 Å². The van der Waals surface area contributed by atoms with E-state index in [2.05, 4.69) is 4.99 Å². The highest BCUT2D eigenvalue weighted by Gasteiger charge is 2.41. The normalized spacial score (nSPS) is 41.5. The second kappa shape index (κ2) is 2.37. The average Bonchev–Trinajstić information content (AvgIpc) is 2.45. The van der Waals surface area contributed by atoms with E-state index in [0.29, 0.717) is 0 Å². The molecule has 0 spiro atoms. The Morgan fingerprint density at radius 1 is 1.64 bits per heavy atom. The molecule has 0 radical (unpaired) electrons. The van der Waals surface area contributed by atoms with Gasteiger partial charge in [0.1, 0.15) is 6.10 Å². The zero-order chi connectivity index (χ0) is 7.84. The second-order valence-corrected chi connectivity index (χ2v) is 3.13. The number of rotatable bonds is 1. The van der Waals surface area contributed by atoms with E-state index >= 15 is 0 Å². The molecule has 1 saturated carbocycles. The molecule has 4 nitrogen and oxygen atoms in total. The maximum atomic E-state index is 8.93. The minimum absolute atomic E-state index is 0.125. The van der Waals surface area contributed by atoms with Crippen molar-refractivity contribution in [2.45, 2.75) is 25.0 Å². The first-order valence-electron chi connectivity index (χ1n) is 3.92. The van der Waals surface area contributed by atoms with E-state index in [9.17, 15) is 0 Å². The highest BCUT2D eigenvalue weighted by molar-refractivity contribution is 5.73. The fraction of sp³-hybridized carbons (Fsp3) is 0.857. The Morgan fingerprint density at radius 3 is 3.18 bits per heavy atom. The lowest BCUT2D eigenvalue weighted by molar-refractivity contribution is 0.178. The summed E-state index contributed by atoms with van der Waals surface area (Å²) in [5.41, 5.74) is 5.39. The first kappa shape index (κ1) is 6.91. The minimum Gasteiger partial charge on any atom is -0.460 e. The number of nitrogens with zero attached hydrogens (tertiary/aromatic N) is 1. The van der Waals surface area contributed by atoms with Crippen molar-refractivity contribution in [2.75, 3.05) is 6.61 Å². The molecule has 11 heavy (non-hydrogen) atoms. The van der Waals surface area contributed by atoms with Gasteiger partial charge in [-0.1, -0.05) is 0 Å². The molecule has 0 saturated heterocycles. The van der Waals surface area contributed by atoms with Crippen molar-refractivity contribution in [2.24, 2.45) is 16.6 Å². The van der Waals surface area contributed by atoms with E-state index < -0.39 is 0 Å². The van der Waals surface area contributed by atoms with Crippen LogP contribution in [0.4, 0.5) is 0 Å². The number of fused-ring (bicyclic) bond motifs is 1. The van der Waals surface area contributed by atoms with E-state index in [4.69, 9.17) is 15.6 Å². The molecule has 2 aliphatic rings. The molecule has 0 aromatic heterocycles. The lowest BCUT2D eigenvalue weighted by Crippen LogP contribution is -2.23. The van der Waals surface area contributed by atoms with Crippen molar-refractivity contribution in [3.63, 3.8) is 0 Å². The molecule has 3 atom stereocenters. The van der Waals surface area contributed by atoms with Gasteiger partial charge >= 0.3 is 0 Å². The summed E-state index contributed by atoms with van der Waals surface area (Å²) in [6.07, 6.45) is 2.12. The number of aliphatic imine (C=N–C) groups is 1. The monoisotopic (exact) mass is 156 g/mol. The van der Waals surface area contributed by atoms with Crippen molar-refractivity contribution in [3.8, 4) is 0 Å². The summed E-state index contributed by atoms with van der Waals surface area (Å²) in [7, 11) is 0. The van der Waals surface area contributed by atoms with Gasteiger partial charge < -0.3 is 15.6 Å². The zero-order valence-electron chi connectivity index (χ0n) is 6.23. The van der Waals surface area contributed by atoms with E-state index in [1.54, 1.807) is 0 Å². The summed E-state index contributed by atoms with van der Waals surface area (Å²) in [6.45, 7) is 0.196. The highest BCUT2D eigenvalue weighted by Crippen LogP contribution is 2.33. The molecule has 0 aromatic rings. The molecule has 2 rings (SSSR count). The first-order chi connectivity index (χ1) is 5.31. The third kappa shape index (κ3) is 0.976. The molecular formula is C7H12N2O2. The standard InChI is InChI=1S/C7H12N2O2/c8-7-9-6-4(3-10)1-2-5(6)11-7/h4-6,10H,1-3H2,(H2,8,9). The number of aliphatic hydroxyl groups excluding tert-OH is 1. The number of amidine groups is 1. The Kier molecular flexibility index (Phi) is 1.49. The molecule has 1 fully saturated rings. The summed E-state index contributed by atoms with van der Waals surface area (Å²) < 4.78 is 5.23. The zero-order valence-corrected chi connectivity index (χ0v) is 6.23. The van der Waals surface area contributed by atoms with Crippen molar-refractivity contribution in [1.29, 1.82) is 0 Å². The molecule has 1 aliphatic carbocycles. The molecule has 1 aliphatic heterocycles. The van der Waals surface area contributed by atoms with Crippen LogP contribution in [0.15, 0.2) is 4.99 Å². The number of nitrogens with two attached hydrogens (primary N) is 1. The third-order valence-corrected chi connectivity index (χ3v) is 2.47. The van der Waals surface area contributed by atoms with E-state index in [-0.39, 0.29) is 30.7 Å². The van der Waals surface area contributed by atoms with Gasteiger partial charge in [0.15, 0.2) is 0 Å². The van der Waals surface area contributed by atoms with Gasteiger partial charge in [-0.2, -0.15) is 0 Å². The van der Waals surface area contributed by atoms with Crippen molar-refractivity contribution < 1.29 is 9.84 Å². The Hall–Kier alpha value is -0.770. The molecule has 0 aromatic carbocycles. The predicted molar refractivity (Wildman–Crippen MR) is 40.1 cm³/mol. The Balaban J connectivity index is 2.11. The average molecular weight is 156 g/mol. The molecule has 62 valence electrons. The molecule has 3 N–H and O–H groups in total. The topological polar surface area (TPSA) is 67.8 Å². The second-order valence-electron chi connectivity index (χ2n) is 3.13. The maximum absolute atomic E-state index is 8.93. The first-order valence-corrected chi connectivity index (χ1v) is 3.92. The number of aliphatic hydroxyl groups is 1. The van der Waals surface area contributed by atoms with Gasteiger partial charge in [0.25, 0.3) is 6.02 Å². The lowest BCUT2D eigenvalue weighted by atomic mass is 10.1. The van der Waals surface area contributed by atoms with Crippen LogP contribution in [0.1, 0.15) is 12.8 Å². The third-order valence-electron chi connectivity index (χ3n) is 2.47. The van der Waals surface area contributed by atoms with Crippen LogP contribution in [0.25, 0.3) is 0 Å². The van der Waals surface area contributed by atoms with Crippen LogP contribution in [-0.4, -0.2) is 29.9 Å². The molecule has 4 heteroatoms. The quantitative estimate of drug-likeness (QED) is 0.536. The van der Waals surface area contributed by atoms with E-state index in [1.165, 1.54) is 0 Å². The maximum Gasteiger partial charge on any atom is 0.282 e. The molecular weight excluding hydrogens is 144 g/mol. The largest absolute Gasteiger partial charge is 0.460 e. The van der Waals surface area contributed by atoms with Crippen LogP contribution in [0.2, 0.25) is 0 Å². The smallest absolute Gasteiger partial charge is 0.282 e. The van der Waals surface area contributed by atoms with Gasteiger partial charge in [0.2, 0.25) is 0 Å². The van der Waals surface area contributed by atoms with Crippen LogP contribution >= 0.6 is 0 Å². The lowest BCUT2D eigenvalue weighted by Gasteiger charge is -2.10. The number of ether oxygens (including phenoxy) is 1. The predicted octanol–water partition coefficient (Wildman–Crippen LogP) is -0.529. The van der Waals surface area contributed by atoms with Gasteiger partial charge in [0, 0.05) is 12.5 Å². The van der Waals surface area contributed by atoms with Gasteiger partial charge in [0.05, 0.1) is 6.04 Å². The Labute approximate surface area is 65.1 Å². The van der Waals surface area contributed by atoms with Crippen molar-refractivity contribution in [1.82, 2.24) is 0 Å². The van der Waals surface area contributed by atoms with Gasteiger partial charge in [-0.25, -0.2) is 4.99 Å². The summed E-state index contributed by atoms with van der Waals surface area (Å²) in [6, 6.07) is 0.415. The SMILES string of the molecule is NC1=NC2C(CO)CCC2O1. The van der Waals surface area contributed by atoms with E-state index in [0.717, 1.165) is 12.8 Å². The fourth-order valence-electron chi connectivity index (χ4n) is 1.87. The van der Waals surface area contributed by atoms with Gasteiger partial charge in [-0.3, -0.25) is 0 Å². The Bertz CT molecular complexity index is 193. The van der Waals surface area contributed by atoms with Crippen LogP contribution in [0.3, 0.4) is 0 Å². The van der Waals surface area contributed by atoms with Gasteiger partial charge in [-0.15, -0.1) is 0 Å². The minimum atomic E-state index is 0.125. The van der Waals surface area contributed by atoms with Crippen LogP contribution in [-0.2, 0) is 4.74 Å². The molecule has 3 unspecified atom stereocenters. The van der Waals surface area contributed by atoms with Crippen LogP contribution < -0.4 is 5.73 Å². The molecule has 0 bridgehead atoms. The highest BCUT2D eigenvalue weighted by atomic mass is 16.5. The fourth-order valence-corrected chi connectivity index (χ4v) is 1.87. The van der Waals surface area contributed by atoms with Crippen molar-refractivity contribution >= 4 is 6.02 Å². The van der Waals surface area contributed by atoms with Gasteiger partial charge in [-0.05, 0) is 12.8 Å². The molecule has 1 heterocycles. The summed E-state index contributed by atoms with van der Waals surface area (Å²) in [5, 5.41) is 8.93. The van der Waals surface area contributed by atoms with E-state index in [1.807, 2.05) is 0 Å². The van der Waals surface area contributed by atoms with Crippen LogP contribution in [0.5, 0.6) is 0 Å². The summed E-state index contributed by atoms with van der Waals surface area (Å²) in [5.74, 6) is 0.265. The summed E-state index contributed by atoms with van der Waals surface area (Å²) in [4.78, 5) is 4.11.